The summed E-state index contributed by atoms with van der Waals surface area (Å²) in [6.45, 7) is 6.27. The highest BCUT2D eigenvalue weighted by Crippen LogP contribution is 2.16. The molecule has 0 aliphatic rings. The quantitative estimate of drug-likeness (QED) is 0.883. The number of carbonyl (C=O) groups is 1. The van der Waals surface area contributed by atoms with Gasteiger partial charge in [-0.1, -0.05) is 26.0 Å². The van der Waals surface area contributed by atoms with Gasteiger partial charge in [0, 0.05) is 24.5 Å². The lowest BCUT2D eigenvalue weighted by molar-refractivity contribution is -0.122. The van der Waals surface area contributed by atoms with E-state index in [4.69, 9.17) is 0 Å². The number of nitrogens with zero attached hydrogens (tertiary/aromatic N) is 2. The van der Waals surface area contributed by atoms with E-state index in [9.17, 15) is 4.79 Å². The van der Waals surface area contributed by atoms with Crippen LogP contribution >= 0.6 is 0 Å². The molecule has 0 saturated carbocycles. The summed E-state index contributed by atoms with van der Waals surface area (Å²) in [6.07, 6.45) is 6.96. The van der Waals surface area contributed by atoms with Crippen molar-refractivity contribution in [2.45, 2.75) is 39.7 Å². The summed E-state index contributed by atoms with van der Waals surface area (Å²) in [5.74, 6) is 0.676. The summed E-state index contributed by atoms with van der Waals surface area (Å²) in [7, 11) is 0. The van der Waals surface area contributed by atoms with Crippen molar-refractivity contribution >= 4 is 5.91 Å². The fourth-order valence-electron chi connectivity index (χ4n) is 2.16. The molecule has 1 heterocycles. The molecule has 0 fully saturated rings. The van der Waals surface area contributed by atoms with Crippen molar-refractivity contribution in [2.24, 2.45) is 5.92 Å². The first-order valence-electron chi connectivity index (χ1n) is 7.44. The molecule has 0 aliphatic carbocycles. The normalized spacial score (nSPS) is 12.4. The van der Waals surface area contributed by atoms with E-state index in [0.717, 1.165) is 17.7 Å². The van der Waals surface area contributed by atoms with Gasteiger partial charge >= 0.3 is 0 Å². The summed E-state index contributed by atoms with van der Waals surface area (Å²) < 4.78 is 1.95. The molecule has 4 heteroatoms. The number of benzene rings is 1. The molecule has 0 saturated heterocycles. The van der Waals surface area contributed by atoms with Crippen molar-refractivity contribution in [1.29, 1.82) is 0 Å². The standard InChI is InChI=1S/C17H23N3O/c1-13(2)4-9-17(21)19-14(3)15-5-7-16(8-6-15)20-11-10-18-12-20/h5-8,10-14H,4,9H2,1-3H3,(H,19,21). The minimum Gasteiger partial charge on any atom is -0.350 e. The van der Waals surface area contributed by atoms with Crippen LogP contribution in [0.2, 0.25) is 0 Å². The Bertz CT molecular complexity index is 558. The number of rotatable bonds is 6. The van der Waals surface area contributed by atoms with Gasteiger partial charge in [0.1, 0.15) is 0 Å². The lowest BCUT2D eigenvalue weighted by Crippen LogP contribution is -2.26. The zero-order valence-electron chi connectivity index (χ0n) is 12.9. The van der Waals surface area contributed by atoms with Crippen molar-refractivity contribution in [1.82, 2.24) is 14.9 Å². The molecule has 4 nitrogen and oxygen atoms in total. The van der Waals surface area contributed by atoms with Gasteiger partial charge in [-0.15, -0.1) is 0 Å². The molecule has 2 rings (SSSR count). The van der Waals surface area contributed by atoms with E-state index in [-0.39, 0.29) is 11.9 Å². The third-order valence-electron chi connectivity index (χ3n) is 3.52. The van der Waals surface area contributed by atoms with Crippen LogP contribution in [0.25, 0.3) is 5.69 Å². The predicted octanol–water partition coefficient (Wildman–Crippen LogP) is 3.49. The van der Waals surface area contributed by atoms with Crippen LogP contribution in [-0.4, -0.2) is 15.5 Å². The Morgan fingerprint density at radius 2 is 1.95 bits per heavy atom. The average Bonchev–Trinajstić information content (AvgIpc) is 2.99. The topological polar surface area (TPSA) is 46.9 Å². The van der Waals surface area contributed by atoms with Gasteiger partial charge in [-0.3, -0.25) is 4.79 Å². The predicted molar refractivity (Wildman–Crippen MR) is 84.2 cm³/mol. The Kier molecular flexibility index (Phi) is 5.14. The lowest BCUT2D eigenvalue weighted by Gasteiger charge is -2.15. The van der Waals surface area contributed by atoms with Crippen molar-refractivity contribution < 1.29 is 4.79 Å². The Hall–Kier alpha value is -2.10. The highest BCUT2D eigenvalue weighted by Gasteiger charge is 2.10. The van der Waals surface area contributed by atoms with Crippen LogP contribution < -0.4 is 5.32 Å². The number of nitrogens with one attached hydrogen (secondary N) is 1. The van der Waals surface area contributed by atoms with Crippen molar-refractivity contribution in [3.05, 3.63) is 48.5 Å². The van der Waals surface area contributed by atoms with Gasteiger partial charge < -0.3 is 9.88 Å². The van der Waals surface area contributed by atoms with Gasteiger partial charge in [0.15, 0.2) is 0 Å². The van der Waals surface area contributed by atoms with Crippen LogP contribution in [0.15, 0.2) is 43.0 Å². The summed E-state index contributed by atoms with van der Waals surface area (Å²) >= 11 is 0. The van der Waals surface area contributed by atoms with Gasteiger partial charge in [-0.05, 0) is 37.0 Å². The van der Waals surface area contributed by atoms with Gasteiger partial charge in [-0.2, -0.15) is 0 Å². The minimum atomic E-state index is 0.0292. The second-order valence-electron chi connectivity index (χ2n) is 5.78. The smallest absolute Gasteiger partial charge is 0.220 e. The number of hydrogen-bond donors (Lipinski definition) is 1. The Morgan fingerprint density at radius 1 is 1.24 bits per heavy atom. The van der Waals surface area contributed by atoms with E-state index in [2.05, 4.69) is 24.1 Å². The first-order valence-corrected chi connectivity index (χ1v) is 7.44. The molecule has 1 amide bonds. The molecule has 0 radical (unpaired) electrons. The maximum absolute atomic E-state index is 11.9. The highest BCUT2D eigenvalue weighted by atomic mass is 16.1. The third kappa shape index (κ3) is 4.45. The van der Waals surface area contributed by atoms with Crippen LogP contribution in [-0.2, 0) is 4.79 Å². The van der Waals surface area contributed by atoms with Gasteiger partial charge in [0.25, 0.3) is 0 Å². The summed E-state index contributed by atoms with van der Waals surface area (Å²) in [5.41, 5.74) is 2.17. The number of aromatic nitrogens is 2. The third-order valence-corrected chi connectivity index (χ3v) is 3.52. The summed E-state index contributed by atoms with van der Waals surface area (Å²) in [6, 6.07) is 8.19. The fraction of sp³-hybridized carbons (Fsp3) is 0.412. The van der Waals surface area contributed by atoms with Crippen LogP contribution in [0.4, 0.5) is 0 Å². The Labute approximate surface area is 126 Å². The van der Waals surface area contributed by atoms with Gasteiger partial charge in [0.05, 0.1) is 12.4 Å². The Balaban J connectivity index is 1.93. The molecular weight excluding hydrogens is 262 g/mol. The molecule has 21 heavy (non-hydrogen) atoms. The Morgan fingerprint density at radius 3 is 2.52 bits per heavy atom. The zero-order chi connectivity index (χ0) is 15.2. The zero-order valence-corrected chi connectivity index (χ0v) is 12.9. The molecule has 1 unspecified atom stereocenters. The maximum Gasteiger partial charge on any atom is 0.220 e. The van der Waals surface area contributed by atoms with Crippen LogP contribution in [0.1, 0.15) is 45.2 Å². The van der Waals surface area contributed by atoms with Crippen molar-refractivity contribution in [2.75, 3.05) is 0 Å². The minimum absolute atomic E-state index is 0.0292. The van der Waals surface area contributed by atoms with E-state index in [1.54, 1.807) is 12.5 Å². The molecule has 1 aromatic heterocycles. The molecule has 112 valence electrons. The molecule has 0 spiro atoms. The molecular formula is C17H23N3O. The van der Waals surface area contributed by atoms with E-state index in [0.29, 0.717) is 12.3 Å². The molecule has 0 aliphatic heterocycles. The summed E-state index contributed by atoms with van der Waals surface area (Å²) in [5, 5.41) is 3.05. The number of amides is 1. The van der Waals surface area contributed by atoms with Crippen LogP contribution in [0.3, 0.4) is 0 Å². The average molecular weight is 285 g/mol. The fourth-order valence-corrected chi connectivity index (χ4v) is 2.16. The van der Waals surface area contributed by atoms with Crippen molar-refractivity contribution in [3.8, 4) is 5.69 Å². The highest BCUT2D eigenvalue weighted by molar-refractivity contribution is 5.76. The molecule has 0 bridgehead atoms. The number of imidazole rings is 1. The van der Waals surface area contributed by atoms with E-state index < -0.39 is 0 Å². The first-order chi connectivity index (χ1) is 10.1. The molecule has 1 atom stereocenters. The molecule has 1 aromatic carbocycles. The maximum atomic E-state index is 11.9. The monoisotopic (exact) mass is 285 g/mol. The lowest BCUT2D eigenvalue weighted by atomic mass is 10.1. The summed E-state index contributed by atoms with van der Waals surface area (Å²) in [4.78, 5) is 15.9. The molecule has 1 N–H and O–H groups in total. The van der Waals surface area contributed by atoms with Crippen molar-refractivity contribution in [3.63, 3.8) is 0 Å². The number of hydrogen-bond acceptors (Lipinski definition) is 2. The van der Waals surface area contributed by atoms with Crippen LogP contribution in [0.5, 0.6) is 0 Å². The van der Waals surface area contributed by atoms with E-state index >= 15 is 0 Å². The van der Waals surface area contributed by atoms with Crippen LogP contribution in [0, 0.1) is 5.92 Å². The SMILES string of the molecule is CC(C)CCC(=O)NC(C)c1ccc(-n2ccnc2)cc1. The largest absolute Gasteiger partial charge is 0.350 e. The number of carbonyl (C=O) groups excluding carboxylic acids is 1. The van der Waals surface area contributed by atoms with E-state index in [1.165, 1.54) is 0 Å². The molecule has 2 aromatic rings. The first kappa shape index (κ1) is 15.3. The second kappa shape index (κ2) is 7.07. The van der Waals surface area contributed by atoms with Gasteiger partial charge in [0.2, 0.25) is 5.91 Å². The second-order valence-corrected chi connectivity index (χ2v) is 5.78. The van der Waals surface area contributed by atoms with E-state index in [1.807, 2.05) is 42.0 Å². The van der Waals surface area contributed by atoms with Gasteiger partial charge in [-0.25, -0.2) is 4.98 Å².